The number of nitrogens with one attached hydrogen (secondary N) is 3. The fourth-order valence-corrected chi connectivity index (χ4v) is 5.12. The molecule has 2 aromatic carbocycles. The number of aryl methyl sites for hydroxylation is 1. The smallest absolute Gasteiger partial charge is 0.331 e. The molecule has 2 amide bonds. The van der Waals surface area contributed by atoms with E-state index in [-0.39, 0.29) is 36.8 Å². The van der Waals surface area contributed by atoms with Gasteiger partial charge in [-0.25, -0.2) is 9.78 Å². The molecule has 0 spiro atoms. The topological polar surface area (TPSA) is 140 Å². The number of hydrogen-bond donors (Lipinski definition) is 3. The second kappa shape index (κ2) is 10.3. The number of carbonyl (C=O) groups excluding carboxylic acids is 2. The van der Waals surface area contributed by atoms with Gasteiger partial charge < -0.3 is 20.4 Å². The van der Waals surface area contributed by atoms with Gasteiger partial charge in [-0.3, -0.25) is 23.5 Å². The maximum Gasteiger partial charge on any atom is 0.331 e. The highest BCUT2D eigenvalue weighted by Gasteiger charge is 2.18. The average molecular weight is 533 g/mol. The van der Waals surface area contributed by atoms with Crippen LogP contribution < -0.4 is 26.6 Å². The zero-order chi connectivity index (χ0) is 26.8. The molecule has 0 fully saturated rings. The van der Waals surface area contributed by atoms with Gasteiger partial charge >= 0.3 is 5.69 Å². The maximum atomic E-state index is 13.1. The Bertz CT molecular complexity index is 1800. The summed E-state index contributed by atoms with van der Waals surface area (Å²) in [6, 6.07) is 13.9. The molecule has 0 radical (unpaired) electrons. The van der Waals surface area contributed by atoms with Gasteiger partial charge in [0.2, 0.25) is 0 Å². The van der Waals surface area contributed by atoms with Crippen LogP contribution in [0.3, 0.4) is 0 Å². The highest BCUT2D eigenvalue weighted by Crippen LogP contribution is 2.22. The van der Waals surface area contributed by atoms with E-state index < -0.39 is 11.2 Å². The third-order valence-electron chi connectivity index (χ3n) is 6.13. The van der Waals surface area contributed by atoms with E-state index in [4.69, 9.17) is 4.74 Å². The van der Waals surface area contributed by atoms with Crippen LogP contribution in [0.15, 0.2) is 64.4 Å². The molecule has 0 atom stereocenters. The molecule has 3 N–H and O–H groups in total. The molecular formula is C26H24N6O5S. The van der Waals surface area contributed by atoms with Crippen molar-refractivity contribution < 1.29 is 14.3 Å². The van der Waals surface area contributed by atoms with Crippen LogP contribution >= 0.6 is 11.3 Å². The van der Waals surface area contributed by atoms with Crippen molar-refractivity contribution in [2.75, 3.05) is 13.7 Å². The fraction of sp³-hybridized carbons (Fsp3) is 0.192. The van der Waals surface area contributed by atoms with Crippen molar-refractivity contribution in [3.63, 3.8) is 0 Å². The number of carbonyl (C=O) groups is 2. The van der Waals surface area contributed by atoms with Crippen LogP contribution in [-0.4, -0.2) is 44.6 Å². The lowest BCUT2D eigenvalue weighted by molar-refractivity contribution is 0.0945. The van der Waals surface area contributed by atoms with E-state index in [1.807, 2.05) is 24.3 Å². The highest BCUT2D eigenvalue weighted by atomic mass is 32.1. The summed E-state index contributed by atoms with van der Waals surface area (Å²) in [6.45, 7) is 0.321. The number of nitrogens with zero attached hydrogens (tertiary/aromatic N) is 3. The third kappa shape index (κ3) is 4.81. The van der Waals surface area contributed by atoms with Gasteiger partial charge in [-0.1, -0.05) is 12.1 Å². The molecule has 12 heteroatoms. The van der Waals surface area contributed by atoms with E-state index in [1.165, 1.54) is 10.6 Å². The summed E-state index contributed by atoms with van der Waals surface area (Å²) in [6.07, 6.45) is 1.55. The maximum absolute atomic E-state index is 13.1. The van der Waals surface area contributed by atoms with Gasteiger partial charge in [0.15, 0.2) is 0 Å². The van der Waals surface area contributed by atoms with Crippen LogP contribution in [0.5, 0.6) is 5.75 Å². The molecule has 38 heavy (non-hydrogen) atoms. The number of hydrogen-bond acceptors (Lipinski definition) is 7. The molecule has 3 aromatic heterocycles. The Morgan fingerprint density at radius 3 is 2.74 bits per heavy atom. The van der Waals surface area contributed by atoms with Gasteiger partial charge in [0.25, 0.3) is 17.4 Å². The van der Waals surface area contributed by atoms with Crippen molar-refractivity contribution in [1.82, 2.24) is 29.7 Å². The molecule has 0 saturated carbocycles. The molecule has 0 saturated heterocycles. The van der Waals surface area contributed by atoms with Crippen LogP contribution in [0.2, 0.25) is 0 Å². The summed E-state index contributed by atoms with van der Waals surface area (Å²) in [5, 5.41) is 5.83. The highest BCUT2D eigenvalue weighted by molar-refractivity contribution is 7.20. The van der Waals surface area contributed by atoms with Crippen LogP contribution in [-0.2, 0) is 20.1 Å². The molecule has 0 aliphatic carbocycles. The number of aromatic amines is 1. The van der Waals surface area contributed by atoms with Crippen LogP contribution in [0.4, 0.5) is 0 Å². The van der Waals surface area contributed by atoms with E-state index in [1.54, 1.807) is 38.7 Å². The summed E-state index contributed by atoms with van der Waals surface area (Å²) in [7, 11) is 3.12. The van der Waals surface area contributed by atoms with Crippen molar-refractivity contribution in [1.29, 1.82) is 0 Å². The van der Waals surface area contributed by atoms with Crippen LogP contribution in [0.25, 0.3) is 21.3 Å². The number of thiophene rings is 1. The first-order valence-electron chi connectivity index (χ1n) is 11.7. The first-order chi connectivity index (χ1) is 18.4. The first kappa shape index (κ1) is 25.0. The average Bonchev–Trinajstić information content (AvgIpc) is 3.60. The Balaban J connectivity index is 1.30. The number of H-pyrrole nitrogens is 1. The minimum atomic E-state index is -0.528. The second-order valence-electron chi connectivity index (χ2n) is 8.55. The number of imidazole rings is 1. The lowest BCUT2D eigenvalue weighted by Gasteiger charge is -2.09. The van der Waals surface area contributed by atoms with Crippen molar-refractivity contribution in [2.45, 2.75) is 13.1 Å². The lowest BCUT2D eigenvalue weighted by atomic mass is 10.2. The zero-order valence-corrected chi connectivity index (χ0v) is 21.4. The van der Waals surface area contributed by atoms with Gasteiger partial charge in [0, 0.05) is 32.2 Å². The first-order valence-corrected chi connectivity index (χ1v) is 12.5. The largest absolute Gasteiger partial charge is 0.497 e. The van der Waals surface area contributed by atoms with E-state index in [0.29, 0.717) is 26.5 Å². The summed E-state index contributed by atoms with van der Waals surface area (Å²) in [4.78, 5) is 59.2. The number of fused-ring (bicyclic) bond motifs is 2. The number of rotatable bonds is 8. The van der Waals surface area contributed by atoms with Crippen molar-refractivity contribution in [3.8, 4) is 5.75 Å². The summed E-state index contributed by atoms with van der Waals surface area (Å²) in [5.41, 5.74) is 1.71. The molecule has 11 nitrogen and oxygen atoms in total. The van der Waals surface area contributed by atoms with Crippen molar-refractivity contribution in [2.24, 2.45) is 7.05 Å². The minimum Gasteiger partial charge on any atom is -0.497 e. The molecule has 0 aliphatic rings. The Kier molecular flexibility index (Phi) is 6.79. The number of benzene rings is 2. The molecule has 3 heterocycles. The predicted octanol–water partition coefficient (Wildman–Crippen LogP) is 2.01. The fourth-order valence-electron chi connectivity index (χ4n) is 4.10. The zero-order valence-electron chi connectivity index (χ0n) is 20.6. The summed E-state index contributed by atoms with van der Waals surface area (Å²) >= 11 is 1.07. The van der Waals surface area contributed by atoms with Crippen molar-refractivity contribution in [3.05, 3.63) is 91.7 Å². The van der Waals surface area contributed by atoms with Gasteiger partial charge in [0.1, 0.15) is 10.6 Å². The molecular weight excluding hydrogens is 508 g/mol. The minimum absolute atomic E-state index is 0.0228. The van der Waals surface area contributed by atoms with Crippen LogP contribution in [0.1, 0.15) is 25.6 Å². The molecule has 5 aromatic rings. The van der Waals surface area contributed by atoms with E-state index in [0.717, 1.165) is 27.0 Å². The molecule has 0 unspecified atom stereocenters. The lowest BCUT2D eigenvalue weighted by Crippen LogP contribution is -2.41. The molecule has 5 rings (SSSR count). The predicted molar refractivity (Wildman–Crippen MR) is 144 cm³/mol. The monoisotopic (exact) mass is 532 g/mol. The number of ether oxygens (including phenoxy) is 1. The standard InChI is InChI=1S/C26H24N6O5S/c1-31-25-18(12-21(38-25)23(34)28-13-15-4-3-5-17(10-15)37-2)24(35)32(26(31)36)9-8-27-22(33)16-6-7-19-20(11-16)30-14-29-19/h3-7,10-12,14H,8-9,13H2,1-2H3,(H,27,33)(H,28,34)(H,29,30). The Labute approximate surface area is 219 Å². The Hall–Kier alpha value is -4.71. The number of methoxy groups -OCH3 is 1. The third-order valence-corrected chi connectivity index (χ3v) is 7.34. The van der Waals surface area contributed by atoms with Gasteiger partial charge in [-0.05, 0) is 42.0 Å². The summed E-state index contributed by atoms with van der Waals surface area (Å²) < 4.78 is 7.60. The normalized spacial score (nSPS) is 11.1. The Morgan fingerprint density at radius 2 is 1.92 bits per heavy atom. The van der Waals surface area contributed by atoms with E-state index in [9.17, 15) is 19.2 Å². The van der Waals surface area contributed by atoms with E-state index >= 15 is 0 Å². The van der Waals surface area contributed by atoms with Gasteiger partial charge in [-0.2, -0.15) is 0 Å². The Morgan fingerprint density at radius 1 is 1.08 bits per heavy atom. The molecule has 0 aliphatic heterocycles. The number of aromatic nitrogens is 4. The second-order valence-corrected chi connectivity index (χ2v) is 9.58. The molecule has 0 bridgehead atoms. The van der Waals surface area contributed by atoms with E-state index in [2.05, 4.69) is 20.6 Å². The molecule has 194 valence electrons. The quantitative estimate of drug-likeness (QED) is 0.279. The van der Waals surface area contributed by atoms with Gasteiger partial charge in [-0.15, -0.1) is 11.3 Å². The number of amides is 2. The SMILES string of the molecule is COc1cccc(CNC(=O)c2cc3c(=O)n(CCNC(=O)c4ccc5[nH]cnc5c4)c(=O)n(C)c3s2)c1. The summed E-state index contributed by atoms with van der Waals surface area (Å²) in [5.74, 6) is -0.0102. The van der Waals surface area contributed by atoms with Crippen LogP contribution in [0, 0.1) is 0 Å². The van der Waals surface area contributed by atoms with Crippen molar-refractivity contribution >= 4 is 44.4 Å². The van der Waals surface area contributed by atoms with Gasteiger partial charge in [0.05, 0.1) is 34.7 Å².